The maximum absolute atomic E-state index is 5.70. The monoisotopic (exact) mass is 244 g/mol. The summed E-state index contributed by atoms with van der Waals surface area (Å²) >= 11 is 0. The molecule has 0 unspecified atom stereocenters. The summed E-state index contributed by atoms with van der Waals surface area (Å²) in [6.45, 7) is 3.05. The zero-order chi connectivity index (χ0) is 12.8. The van der Waals surface area contributed by atoms with E-state index in [0.717, 1.165) is 37.5 Å². The van der Waals surface area contributed by atoms with E-state index in [1.807, 2.05) is 13.2 Å². The Labute approximate surface area is 108 Å². The fourth-order valence-corrected chi connectivity index (χ4v) is 1.96. The van der Waals surface area contributed by atoms with Crippen molar-refractivity contribution in [1.29, 1.82) is 0 Å². The van der Waals surface area contributed by atoms with E-state index in [1.54, 1.807) is 0 Å². The van der Waals surface area contributed by atoms with Crippen LogP contribution in [0.4, 0.5) is 0 Å². The normalized spacial score (nSPS) is 10.8. The zero-order valence-corrected chi connectivity index (χ0v) is 11.1. The highest BCUT2D eigenvalue weighted by molar-refractivity contribution is 5.26. The molecular weight excluding hydrogens is 224 g/mol. The minimum atomic E-state index is 0.823. The smallest absolute Gasteiger partial charge is 0.195 e. The summed E-state index contributed by atoms with van der Waals surface area (Å²) in [7, 11) is 1.93. The molecule has 3 nitrogen and oxygen atoms in total. The van der Waals surface area contributed by atoms with Gasteiger partial charge in [-0.05, 0) is 31.5 Å². The number of nitrogens with one attached hydrogen (secondary N) is 1. The molecule has 1 aromatic heterocycles. The van der Waals surface area contributed by atoms with Gasteiger partial charge in [0.2, 0.25) is 0 Å². The minimum absolute atomic E-state index is 0.823. The number of aryl methyl sites for hydroxylation is 3. The summed E-state index contributed by atoms with van der Waals surface area (Å²) in [5.41, 5.74) is 2.72. The first-order chi connectivity index (χ1) is 8.79. The fraction of sp³-hybridized carbons (Fsp3) is 0.400. The van der Waals surface area contributed by atoms with E-state index in [2.05, 4.69) is 41.5 Å². The number of likely N-dealkylation sites (N-methyl/N-ethyl adjacent to an activating group) is 1. The Morgan fingerprint density at radius 3 is 2.78 bits per heavy atom. The molecular formula is C15H20N2O. The average Bonchev–Trinajstić information content (AvgIpc) is 2.83. The maximum atomic E-state index is 5.70. The van der Waals surface area contributed by atoms with E-state index in [0.29, 0.717) is 0 Å². The van der Waals surface area contributed by atoms with Crippen LogP contribution in [0.3, 0.4) is 0 Å². The van der Waals surface area contributed by atoms with Crippen molar-refractivity contribution in [3.8, 4) is 0 Å². The molecule has 0 saturated carbocycles. The molecule has 0 atom stereocenters. The molecule has 0 saturated heterocycles. The molecule has 0 aliphatic rings. The molecule has 0 aliphatic heterocycles. The fourth-order valence-electron chi connectivity index (χ4n) is 1.96. The van der Waals surface area contributed by atoms with Crippen LogP contribution in [0.15, 0.2) is 34.9 Å². The third-order valence-corrected chi connectivity index (χ3v) is 3.09. The molecule has 0 amide bonds. The Bertz CT molecular complexity index is 491. The van der Waals surface area contributed by atoms with Crippen molar-refractivity contribution in [2.45, 2.75) is 26.2 Å². The lowest BCUT2D eigenvalue weighted by Crippen LogP contribution is -2.10. The van der Waals surface area contributed by atoms with Crippen LogP contribution in [-0.4, -0.2) is 18.6 Å². The van der Waals surface area contributed by atoms with Gasteiger partial charge >= 0.3 is 0 Å². The summed E-state index contributed by atoms with van der Waals surface area (Å²) in [6, 6.07) is 8.48. The van der Waals surface area contributed by atoms with Crippen LogP contribution < -0.4 is 5.32 Å². The maximum Gasteiger partial charge on any atom is 0.195 e. The Hall–Kier alpha value is -1.61. The number of oxazole rings is 1. The highest BCUT2D eigenvalue weighted by Gasteiger charge is 2.04. The van der Waals surface area contributed by atoms with E-state index >= 15 is 0 Å². The molecule has 96 valence electrons. The van der Waals surface area contributed by atoms with Gasteiger partial charge in [0, 0.05) is 19.4 Å². The van der Waals surface area contributed by atoms with Gasteiger partial charge in [-0.2, -0.15) is 0 Å². The van der Waals surface area contributed by atoms with Crippen molar-refractivity contribution >= 4 is 0 Å². The average molecular weight is 244 g/mol. The number of nitrogens with zero attached hydrogens (tertiary/aromatic N) is 1. The van der Waals surface area contributed by atoms with Crippen LogP contribution in [0.5, 0.6) is 0 Å². The third kappa shape index (κ3) is 3.44. The lowest BCUT2D eigenvalue weighted by molar-refractivity contribution is 0.451. The number of hydrogen-bond donors (Lipinski definition) is 1. The number of hydrogen-bond acceptors (Lipinski definition) is 3. The van der Waals surface area contributed by atoms with Gasteiger partial charge in [0.25, 0.3) is 0 Å². The van der Waals surface area contributed by atoms with E-state index in [-0.39, 0.29) is 0 Å². The number of aromatic nitrogens is 1. The first-order valence-corrected chi connectivity index (χ1v) is 6.42. The Kier molecular flexibility index (Phi) is 4.53. The van der Waals surface area contributed by atoms with Crippen molar-refractivity contribution in [3.63, 3.8) is 0 Å². The molecule has 0 fully saturated rings. The molecule has 1 heterocycles. The zero-order valence-electron chi connectivity index (χ0n) is 11.1. The number of rotatable bonds is 6. The molecule has 2 aromatic rings. The van der Waals surface area contributed by atoms with Crippen LogP contribution in [0.2, 0.25) is 0 Å². The summed E-state index contributed by atoms with van der Waals surface area (Å²) in [6.07, 6.45) is 4.62. The lowest BCUT2D eigenvalue weighted by Gasteiger charge is -2.03. The highest BCUT2D eigenvalue weighted by Crippen LogP contribution is 2.12. The van der Waals surface area contributed by atoms with Gasteiger partial charge < -0.3 is 9.73 Å². The first kappa shape index (κ1) is 12.8. The second-order valence-corrected chi connectivity index (χ2v) is 4.50. The standard InChI is InChI=1S/C15H20N2O/c1-12-5-3-4-6-13(12)7-8-14-11-17-15(18-14)9-10-16-2/h3-6,11,16H,7-10H2,1-2H3. The topological polar surface area (TPSA) is 38.1 Å². The molecule has 0 radical (unpaired) electrons. The molecule has 0 bridgehead atoms. The molecule has 3 heteroatoms. The van der Waals surface area contributed by atoms with Crippen LogP contribution in [-0.2, 0) is 19.3 Å². The summed E-state index contributed by atoms with van der Waals surface area (Å²) in [5, 5.41) is 3.09. The molecule has 18 heavy (non-hydrogen) atoms. The molecule has 2 rings (SSSR count). The predicted octanol–water partition coefficient (Wildman–Crippen LogP) is 2.53. The first-order valence-electron chi connectivity index (χ1n) is 6.42. The van der Waals surface area contributed by atoms with E-state index in [4.69, 9.17) is 4.42 Å². The second kappa shape index (κ2) is 6.36. The van der Waals surface area contributed by atoms with Crippen LogP contribution >= 0.6 is 0 Å². The van der Waals surface area contributed by atoms with Gasteiger partial charge in [0.1, 0.15) is 5.76 Å². The van der Waals surface area contributed by atoms with Crippen molar-refractivity contribution in [3.05, 3.63) is 53.2 Å². The quantitative estimate of drug-likeness (QED) is 0.848. The predicted molar refractivity (Wildman–Crippen MR) is 72.7 cm³/mol. The molecule has 0 spiro atoms. The SMILES string of the molecule is CNCCc1ncc(CCc2ccccc2C)o1. The third-order valence-electron chi connectivity index (χ3n) is 3.09. The summed E-state index contributed by atoms with van der Waals surface area (Å²) in [4.78, 5) is 4.28. The van der Waals surface area contributed by atoms with Crippen molar-refractivity contribution in [2.75, 3.05) is 13.6 Å². The lowest BCUT2D eigenvalue weighted by atomic mass is 10.0. The molecule has 0 aliphatic carbocycles. The Balaban J connectivity index is 1.90. The Morgan fingerprint density at radius 2 is 2.00 bits per heavy atom. The van der Waals surface area contributed by atoms with Gasteiger partial charge in [-0.1, -0.05) is 24.3 Å². The van der Waals surface area contributed by atoms with E-state index < -0.39 is 0 Å². The largest absolute Gasteiger partial charge is 0.446 e. The summed E-state index contributed by atoms with van der Waals surface area (Å²) in [5.74, 6) is 1.80. The van der Waals surface area contributed by atoms with Gasteiger partial charge in [-0.15, -0.1) is 0 Å². The van der Waals surface area contributed by atoms with Crippen molar-refractivity contribution < 1.29 is 4.42 Å². The van der Waals surface area contributed by atoms with Crippen molar-refractivity contribution in [1.82, 2.24) is 10.3 Å². The van der Waals surface area contributed by atoms with E-state index in [1.165, 1.54) is 11.1 Å². The van der Waals surface area contributed by atoms with Gasteiger partial charge in [0.05, 0.1) is 6.20 Å². The van der Waals surface area contributed by atoms with E-state index in [9.17, 15) is 0 Å². The van der Waals surface area contributed by atoms with Crippen LogP contribution in [0.25, 0.3) is 0 Å². The Morgan fingerprint density at radius 1 is 1.17 bits per heavy atom. The highest BCUT2D eigenvalue weighted by atomic mass is 16.4. The van der Waals surface area contributed by atoms with Crippen LogP contribution in [0, 0.1) is 6.92 Å². The van der Waals surface area contributed by atoms with Gasteiger partial charge in [-0.25, -0.2) is 4.98 Å². The number of benzene rings is 1. The molecule has 1 N–H and O–H groups in total. The van der Waals surface area contributed by atoms with Crippen LogP contribution in [0.1, 0.15) is 22.8 Å². The van der Waals surface area contributed by atoms with Crippen molar-refractivity contribution in [2.24, 2.45) is 0 Å². The summed E-state index contributed by atoms with van der Waals surface area (Å²) < 4.78 is 5.70. The minimum Gasteiger partial charge on any atom is -0.446 e. The molecule has 1 aromatic carbocycles. The second-order valence-electron chi connectivity index (χ2n) is 4.50. The van der Waals surface area contributed by atoms with Gasteiger partial charge in [0.15, 0.2) is 5.89 Å². The van der Waals surface area contributed by atoms with Gasteiger partial charge in [-0.3, -0.25) is 0 Å².